The van der Waals surface area contributed by atoms with Gasteiger partial charge < -0.3 is 10.3 Å². The summed E-state index contributed by atoms with van der Waals surface area (Å²) in [4.78, 5) is 26.6. The fourth-order valence-electron chi connectivity index (χ4n) is 2.13. The highest BCUT2D eigenvalue weighted by Gasteiger charge is 2.12. The van der Waals surface area contributed by atoms with E-state index in [0.29, 0.717) is 10.7 Å². The molecule has 0 radical (unpaired) electrons. The lowest BCUT2D eigenvalue weighted by Gasteiger charge is -2.03. The van der Waals surface area contributed by atoms with E-state index in [1.54, 1.807) is 30.5 Å². The molecule has 1 aromatic heterocycles. The summed E-state index contributed by atoms with van der Waals surface area (Å²) in [7, 11) is 0. The van der Waals surface area contributed by atoms with Gasteiger partial charge in [-0.05, 0) is 30.3 Å². The van der Waals surface area contributed by atoms with E-state index >= 15 is 0 Å². The average molecular weight is 341 g/mol. The van der Waals surface area contributed by atoms with E-state index in [-0.39, 0.29) is 0 Å². The lowest BCUT2D eigenvalue weighted by molar-refractivity contribution is -0.136. The number of aromatic amines is 1. The zero-order valence-electron chi connectivity index (χ0n) is 12.4. The predicted molar refractivity (Wildman–Crippen MR) is 94.1 cm³/mol. The third-order valence-corrected chi connectivity index (χ3v) is 3.55. The number of hydrogen-bond donors (Lipinski definition) is 3. The molecule has 3 aromatic rings. The molecule has 0 saturated carbocycles. The van der Waals surface area contributed by atoms with Crippen LogP contribution in [0.1, 0.15) is 5.56 Å². The quantitative estimate of drug-likeness (QED) is 0.389. The monoisotopic (exact) mass is 340 g/mol. The molecule has 3 N–H and O–H groups in total. The second-order valence-electron chi connectivity index (χ2n) is 4.95. The summed E-state index contributed by atoms with van der Waals surface area (Å²) in [5.74, 6) is -1.67. The molecular formula is C17H13ClN4O2. The summed E-state index contributed by atoms with van der Waals surface area (Å²) >= 11 is 5.76. The van der Waals surface area contributed by atoms with E-state index in [2.05, 4.69) is 20.8 Å². The van der Waals surface area contributed by atoms with Crippen LogP contribution in [0.2, 0.25) is 5.02 Å². The molecule has 0 aliphatic rings. The van der Waals surface area contributed by atoms with E-state index in [4.69, 9.17) is 11.6 Å². The van der Waals surface area contributed by atoms with Crippen molar-refractivity contribution in [2.45, 2.75) is 0 Å². The molecular weight excluding hydrogens is 328 g/mol. The molecule has 2 amide bonds. The van der Waals surface area contributed by atoms with Crippen molar-refractivity contribution in [2.75, 3.05) is 5.32 Å². The molecule has 3 rings (SSSR count). The highest BCUT2D eigenvalue weighted by Crippen LogP contribution is 2.15. The van der Waals surface area contributed by atoms with Crippen molar-refractivity contribution in [3.8, 4) is 0 Å². The average Bonchev–Trinajstić information content (AvgIpc) is 3.00. The van der Waals surface area contributed by atoms with E-state index in [1.807, 2.05) is 24.3 Å². The number of rotatable bonds is 3. The Hall–Kier alpha value is -3.12. The summed E-state index contributed by atoms with van der Waals surface area (Å²) < 4.78 is 0. The third-order valence-electron chi connectivity index (χ3n) is 3.30. The molecule has 0 spiro atoms. The van der Waals surface area contributed by atoms with Gasteiger partial charge in [-0.15, -0.1) is 0 Å². The first-order valence-electron chi connectivity index (χ1n) is 7.09. The standard InChI is InChI=1S/C17H13ClN4O2/c18-12-5-7-13(8-6-12)21-16(23)17(24)22-20-10-11-9-19-15-4-2-1-3-14(11)15/h1-10,19H,(H,21,23)(H,22,24)/b20-10-. The number of nitrogens with zero attached hydrogens (tertiary/aromatic N) is 1. The lowest BCUT2D eigenvalue weighted by Crippen LogP contribution is -2.32. The molecule has 0 bridgehead atoms. The number of carbonyl (C=O) groups excluding carboxylic acids is 2. The second kappa shape index (κ2) is 6.97. The van der Waals surface area contributed by atoms with Crippen LogP contribution in [-0.2, 0) is 9.59 Å². The SMILES string of the molecule is O=C(N/N=C\c1c[nH]c2ccccc12)C(=O)Nc1ccc(Cl)cc1. The van der Waals surface area contributed by atoms with Crippen molar-refractivity contribution in [1.29, 1.82) is 0 Å². The number of para-hydroxylation sites is 1. The van der Waals surface area contributed by atoms with Gasteiger partial charge in [-0.25, -0.2) is 5.43 Å². The number of halogens is 1. The third kappa shape index (κ3) is 3.61. The zero-order chi connectivity index (χ0) is 16.9. The van der Waals surface area contributed by atoms with E-state index < -0.39 is 11.8 Å². The van der Waals surface area contributed by atoms with Gasteiger partial charge >= 0.3 is 11.8 Å². The van der Waals surface area contributed by atoms with E-state index in [9.17, 15) is 9.59 Å². The minimum atomic E-state index is -0.860. The van der Waals surface area contributed by atoms with Crippen LogP contribution in [0, 0.1) is 0 Å². The molecule has 2 aromatic carbocycles. The Morgan fingerprint density at radius 2 is 1.79 bits per heavy atom. The second-order valence-corrected chi connectivity index (χ2v) is 5.39. The van der Waals surface area contributed by atoms with Crippen molar-refractivity contribution in [1.82, 2.24) is 10.4 Å². The number of amides is 2. The van der Waals surface area contributed by atoms with Crippen LogP contribution in [0.4, 0.5) is 5.69 Å². The summed E-state index contributed by atoms with van der Waals surface area (Å²) in [6.07, 6.45) is 3.25. The van der Waals surface area contributed by atoms with Crippen LogP contribution in [0.3, 0.4) is 0 Å². The number of hydrazone groups is 1. The number of fused-ring (bicyclic) bond motifs is 1. The molecule has 6 nitrogen and oxygen atoms in total. The molecule has 1 heterocycles. The first kappa shape index (κ1) is 15.8. The largest absolute Gasteiger partial charge is 0.361 e. The van der Waals surface area contributed by atoms with Gasteiger partial charge in [0.05, 0.1) is 6.21 Å². The normalized spacial score (nSPS) is 10.9. The van der Waals surface area contributed by atoms with Crippen LogP contribution < -0.4 is 10.7 Å². The smallest absolute Gasteiger partial charge is 0.329 e. The summed E-state index contributed by atoms with van der Waals surface area (Å²) in [6.45, 7) is 0. The first-order chi connectivity index (χ1) is 11.6. The number of anilines is 1. The molecule has 0 atom stereocenters. The predicted octanol–water partition coefficient (Wildman–Crippen LogP) is 2.91. The van der Waals surface area contributed by atoms with Crippen LogP contribution in [0.25, 0.3) is 10.9 Å². The number of nitrogens with one attached hydrogen (secondary N) is 3. The molecule has 0 aliphatic carbocycles. The molecule has 24 heavy (non-hydrogen) atoms. The van der Waals surface area contributed by atoms with Gasteiger partial charge in [0.25, 0.3) is 0 Å². The Bertz CT molecular complexity index is 916. The van der Waals surface area contributed by atoms with Crippen molar-refractivity contribution >= 4 is 46.2 Å². The minimum Gasteiger partial charge on any atom is -0.361 e. The number of aromatic nitrogens is 1. The van der Waals surface area contributed by atoms with Gasteiger partial charge in [0.15, 0.2) is 0 Å². The summed E-state index contributed by atoms with van der Waals surface area (Å²) in [5, 5.41) is 7.78. The van der Waals surface area contributed by atoms with Crippen LogP contribution in [0.5, 0.6) is 0 Å². The van der Waals surface area contributed by atoms with Gasteiger partial charge in [-0.2, -0.15) is 5.10 Å². The van der Waals surface area contributed by atoms with Gasteiger partial charge in [0.1, 0.15) is 0 Å². The van der Waals surface area contributed by atoms with Gasteiger partial charge in [0.2, 0.25) is 0 Å². The zero-order valence-corrected chi connectivity index (χ0v) is 13.2. The summed E-state index contributed by atoms with van der Waals surface area (Å²) in [6, 6.07) is 14.1. The van der Waals surface area contributed by atoms with Crippen LogP contribution in [0.15, 0.2) is 59.8 Å². The molecule has 120 valence electrons. The van der Waals surface area contributed by atoms with Crippen LogP contribution >= 0.6 is 11.6 Å². The maximum Gasteiger partial charge on any atom is 0.329 e. The van der Waals surface area contributed by atoms with Crippen molar-refractivity contribution in [3.05, 3.63) is 65.3 Å². The maximum atomic E-state index is 11.8. The Labute approximate surface area is 142 Å². The maximum absolute atomic E-state index is 11.8. The first-order valence-corrected chi connectivity index (χ1v) is 7.47. The molecule has 0 unspecified atom stereocenters. The Morgan fingerprint density at radius 1 is 1.04 bits per heavy atom. The van der Waals surface area contributed by atoms with E-state index in [0.717, 1.165) is 16.5 Å². The fraction of sp³-hybridized carbons (Fsp3) is 0. The Balaban J connectivity index is 1.60. The minimum absolute atomic E-state index is 0.472. The number of H-pyrrole nitrogens is 1. The topological polar surface area (TPSA) is 86.3 Å². The van der Waals surface area contributed by atoms with Crippen LogP contribution in [-0.4, -0.2) is 23.0 Å². The Kier molecular flexibility index (Phi) is 4.58. The fourth-order valence-corrected chi connectivity index (χ4v) is 2.26. The highest BCUT2D eigenvalue weighted by molar-refractivity contribution is 6.39. The van der Waals surface area contributed by atoms with E-state index in [1.165, 1.54) is 6.21 Å². The molecule has 7 heteroatoms. The number of carbonyl (C=O) groups is 2. The van der Waals surface area contributed by atoms with Crippen molar-refractivity contribution < 1.29 is 9.59 Å². The number of benzene rings is 2. The van der Waals surface area contributed by atoms with Crippen molar-refractivity contribution in [2.24, 2.45) is 5.10 Å². The Morgan fingerprint density at radius 3 is 2.58 bits per heavy atom. The van der Waals surface area contributed by atoms with Gasteiger partial charge in [-0.3, -0.25) is 9.59 Å². The lowest BCUT2D eigenvalue weighted by atomic mass is 10.2. The molecule has 0 fully saturated rings. The summed E-state index contributed by atoms with van der Waals surface area (Å²) in [5.41, 5.74) is 4.44. The molecule has 0 saturated heterocycles. The number of hydrogen-bond acceptors (Lipinski definition) is 3. The van der Waals surface area contributed by atoms with Gasteiger partial charge in [-0.1, -0.05) is 29.8 Å². The van der Waals surface area contributed by atoms with Gasteiger partial charge in [0, 0.05) is 33.4 Å². The molecule has 0 aliphatic heterocycles. The highest BCUT2D eigenvalue weighted by atomic mass is 35.5. The van der Waals surface area contributed by atoms with Crippen molar-refractivity contribution in [3.63, 3.8) is 0 Å².